The predicted molar refractivity (Wildman–Crippen MR) is 111 cm³/mol. The highest BCUT2D eigenvalue weighted by Gasteiger charge is 2.20. The molecule has 0 radical (unpaired) electrons. The molecule has 0 atom stereocenters. The van der Waals surface area contributed by atoms with Gasteiger partial charge in [-0.15, -0.1) is 0 Å². The van der Waals surface area contributed by atoms with Crippen LogP contribution in [0.15, 0.2) is 48.0 Å². The Labute approximate surface area is 157 Å². The summed E-state index contributed by atoms with van der Waals surface area (Å²) in [5.41, 5.74) is 7.37. The van der Waals surface area contributed by atoms with Gasteiger partial charge < -0.3 is 4.90 Å². The number of carbonyl (C=O) groups is 1. The molecule has 0 saturated carbocycles. The van der Waals surface area contributed by atoms with Gasteiger partial charge in [0.2, 0.25) is 0 Å². The Kier molecular flexibility index (Phi) is 6.27. The molecule has 2 nitrogen and oxygen atoms in total. The number of benzene rings is 2. The number of fused-ring (bicyclic) bond motifs is 2. The third kappa shape index (κ3) is 4.24. The van der Waals surface area contributed by atoms with Crippen molar-refractivity contribution in [3.8, 4) is 0 Å². The third-order valence-electron chi connectivity index (χ3n) is 5.16. The fourth-order valence-corrected chi connectivity index (χ4v) is 3.78. The molecule has 0 amide bonds. The molecule has 0 bridgehead atoms. The van der Waals surface area contributed by atoms with E-state index in [0.717, 1.165) is 36.8 Å². The van der Waals surface area contributed by atoms with E-state index in [4.69, 9.17) is 0 Å². The summed E-state index contributed by atoms with van der Waals surface area (Å²) >= 11 is 0. The fourth-order valence-electron chi connectivity index (χ4n) is 3.78. The smallest absolute Gasteiger partial charge is 0.145 e. The highest BCUT2D eigenvalue weighted by atomic mass is 16.1. The van der Waals surface area contributed by atoms with Crippen molar-refractivity contribution in [3.63, 3.8) is 0 Å². The average Bonchev–Trinajstić information content (AvgIpc) is 2.82. The van der Waals surface area contributed by atoms with Crippen LogP contribution in [0.5, 0.6) is 0 Å². The molecule has 0 saturated heterocycles. The lowest BCUT2D eigenvalue weighted by molar-refractivity contribution is -0.104. The zero-order chi connectivity index (χ0) is 18.4. The first-order valence-electron chi connectivity index (χ1n) is 9.84. The number of carbonyl (C=O) groups excluding carboxylic acids is 1. The minimum atomic E-state index is 0.762. The van der Waals surface area contributed by atoms with Crippen molar-refractivity contribution in [1.82, 2.24) is 0 Å². The second-order valence-electron chi connectivity index (χ2n) is 7.24. The van der Waals surface area contributed by atoms with E-state index in [-0.39, 0.29) is 0 Å². The molecule has 2 heteroatoms. The van der Waals surface area contributed by atoms with Gasteiger partial charge in [0.15, 0.2) is 0 Å². The van der Waals surface area contributed by atoms with Crippen molar-refractivity contribution in [2.75, 3.05) is 11.4 Å². The van der Waals surface area contributed by atoms with Crippen LogP contribution >= 0.6 is 0 Å². The summed E-state index contributed by atoms with van der Waals surface area (Å²) in [5, 5.41) is 0. The van der Waals surface area contributed by atoms with E-state index in [1.165, 1.54) is 48.2 Å². The van der Waals surface area contributed by atoms with Gasteiger partial charge in [0, 0.05) is 17.9 Å². The summed E-state index contributed by atoms with van der Waals surface area (Å²) in [6.45, 7) is 5.17. The SMILES string of the molecule is CCCCCCN1c2ccccc2CCc2cc(C=C(C)C=O)ccc21. The van der Waals surface area contributed by atoms with Crippen molar-refractivity contribution in [2.45, 2.75) is 52.4 Å². The lowest BCUT2D eigenvalue weighted by Crippen LogP contribution is -2.19. The van der Waals surface area contributed by atoms with Crippen LogP contribution in [0.3, 0.4) is 0 Å². The van der Waals surface area contributed by atoms with Gasteiger partial charge in [0.05, 0.1) is 0 Å². The fraction of sp³-hybridized carbons (Fsp3) is 0.375. The maximum atomic E-state index is 10.9. The van der Waals surface area contributed by atoms with Crippen LogP contribution in [0.1, 0.15) is 56.2 Å². The highest BCUT2D eigenvalue weighted by Crippen LogP contribution is 2.37. The van der Waals surface area contributed by atoms with Gasteiger partial charge in [-0.25, -0.2) is 0 Å². The second kappa shape index (κ2) is 8.84. The van der Waals surface area contributed by atoms with Crippen LogP contribution < -0.4 is 4.90 Å². The summed E-state index contributed by atoms with van der Waals surface area (Å²) in [7, 11) is 0. The van der Waals surface area contributed by atoms with Gasteiger partial charge in [-0.1, -0.05) is 50.5 Å². The van der Waals surface area contributed by atoms with Crippen LogP contribution in [-0.4, -0.2) is 12.8 Å². The lowest BCUT2D eigenvalue weighted by Gasteiger charge is -2.27. The van der Waals surface area contributed by atoms with Gasteiger partial charge in [-0.3, -0.25) is 4.79 Å². The summed E-state index contributed by atoms with van der Waals surface area (Å²) in [6.07, 6.45) is 10.1. The van der Waals surface area contributed by atoms with E-state index in [1.807, 2.05) is 13.0 Å². The molecule has 2 aromatic carbocycles. The van der Waals surface area contributed by atoms with E-state index in [0.29, 0.717) is 0 Å². The van der Waals surface area contributed by atoms with E-state index in [2.05, 4.69) is 54.3 Å². The molecule has 0 spiro atoms. The van der Waals surface area contributed by atoms with E-state index in [1.54, 1.807) is 0 Å². The van der Waals surface area contributed by atoms with Crippen molar-refractivity contribution in [1.29, 1.82) is 0 Å². The normalized spacial score (nSPS) is 13.8. The monoisotopic (exact) mass is 347 g/mol. The Hall–Kier alpha value is -2.35. The molecule has 26 heavy (non-hydrogen) atoms. The summed E-state index contributed by atoms with van der Waals surface area (Å²) in [6, 6.07) is 15.4. The molecule has 0 unspecified atom stereocenters. The Morgan fingerprint density at radius 1 is 1.00 bits per heavy atom. The minimum Gasteiger partial charge on any atom is -0.341 e. The standard InChI is InChI=1S/C24H29NO/c1-3-4-5-8-15-25-23-10-7-6-9-21(23)12-13-22-17-20(11-14-24(22)25)16-19(2)18-26/h6-7,9-11,14,16-18H,3-5,8,12-13,15H2,1-2H3. The number of anilines is 2. The van der Waals surface area contributed by atoms with Crippen LogP contribution in [0.25, 0.3) is 6.08 Å². The first-order chi connectivity index (χ1) is 12.7. The largest absolute Gasteiger partial charge is 0.341 e. The van der Waals surface area contributed by atoms with Crippen LogP contribution in [-0.2, 0) is 17.6 Å². The average molecular weight is 348 g/mol. The highest BCUT2D eigenvalue weighted by molar-refractivity contribution is 5.81. The quantitative estimate of drug-likeness (QED) is 0.342. The molecule has 0 aromatic heterocycles. The first kappa shape index (κ1) is 18.4. The maximum absolute atomic E-state index is 10.9. The van der Waals surface area contributed by atoms with E-state index < -0.39 is 0 Å². The van der Waals surface area contributed by atoms with Crippen molar-refractivity contribution in [3.05, 3.63) is 64.7 Å². The lowest BCUT2D eigenvalue weighted by atomic mass is 10.0. The second-order valence-corrected chi connectivity index (χ2v) is 7.24. The molecule has 1 aliphatic rings. The number of aldehydes is 1. The zero-order valence-corrected chi connectivity index (χ0v) is 16.0. The molecular formula is C24H29NO. The van der Waals surface area contributed by atoms with Crippen LogP contribution in [0, 0.1) is 0 Å². The van der Waals surface area contributed by atoms with Gasteiger partial charge in [0.25, 0.3) is 0 Å². The van der Waals surface area contributed by atoms with Crippen LogP contribution in [0.2, 0.25) is 0 Å². The molecule has 1 heterocycles. The summed E-state index contributed by atoms with van der Waals surface area (Å²) < 4.78 is 0. The van der Waals surface area contributed by atoms with Crippen molar-refractivity contribution >= 4 is 23.7 Å². The number of hydrogen-bond acceptors (Lipinski definition) is 2. The Morgan fingerprint density at radius 2 is 1.77 bits per heavy atom. The molecular weight excluding hydrogens is 318 g/mol. The van der Waals surface area contributed by atoms with E-state index in [9.17, 15) is 4.79 Å². The van der Waals surface area contributed by atoms with Gasteiger partial charge in [-0.05, 0) is 72.7 Å². The van der Waals surface area contributed by atoms with E-state index >= 15 is 0 Å². The molecule has 3 rings (SSSR count). The maximum Gasteiger partial charge on any atom is 0.145 e. The number of aryl methyl sites for hydroxylation is 2. The third-order valence-corrected chi connectivity index (χ3v) is 5.16. The summed E-state index contributed by atoms with van der Waals surface area (Å²) in [4.78, 5) is 13.5. The Morgan fingerprint density at radius 3 is 2.58 bits per heavy atom. The number of allylic oxidation sites excluding steroid dienone is 1. The molecule has 1 aliphatic heterocycles. The topological polar surface area (TPSA) is 20.3 Å². The van der Waals surface area contributed by atoms with Gasteiger partial charge in [-0.2, -0.15) is 0 Å². The number of rotatable bonds is 7. The van der Waals surface area contributed by atoms with Crippen molar-refractivity contribution < 1.29 is 4.79 Å². The summed E-state index contributed by atoms with van der Waals surface area (Å²) in [5.74, 6) is 0. The molecule has 0 fully saturated rings. The molecule has 2 aromatic rings. The minimum absolute atomic E-state index is 0.762. The molecule has 136 valence electrons. The Balaban J connectivity index is 1.95. The number of unbranched alkanes of at least 4 members (excludes halogenated alkanes) is 3. The molecule has 0 aliphatic carbocycles. The first-order valence-corrected chi connectivity index (χ1v) is 9.84. The molecule has 0 N–H and O–H groups in total. The Bertz CT molecular complexity index is 791. The zero-order valence-electron chi connectivity index (χ0n) is 16.0. The van der Waals surface area contributed by atoms with Crippen LogP contribution in [0.4, 0.5) is 11.4 Å². The van der Waals surface area contributed by atoms with Crippen molar-refractivity contribution in [2.24, 2.45) is 0 Å². The number of nitrogens with zero attached hydrogens (tertiary/aromatic N) is 1. The van der Waals surface area contributed by atoms with Gasteiger partial charge in [0.1, 0.15) is 6.29 Å². The van der Waals surface area contributed by atoms with Gasteiger partial charge >= 0.3 is 0 Å². The predicted octanol–water partition coefficient (Wildman–Crippen LogP) is 6.11. The number of hydrogen-bond donors (Lipinski definition) is 0. The number of para-hydroxylation sites is 1.